The number of carbonyl (C=O) groups is 2. The zero-order valence-electron chi connectivity index (χ0n) is 17.9. The first-order valence-electron chi connectivity index (χ1n) is 10.3. The highest BCUT2D eigenvalue weighted by Crippen LogP contribution is 2.25. The Morgan fingerprint density at radius 1 is 1.21 bits per heavy atom. The largest absolute Gasteiger partial charge is 0.346 e. The number of thioether (sulfide) groups is 1. The van der Waals surface area contributed by atoms with E-state index in [1.54, 1.807) is 0 Å². The number of imidazole rings is 1. The first-order chi connectivity index (χ1) is 15.8. The maximum atomic E-state index is 13.9. The van der Waals surface area contributed by atoms with Crippen LogP contribution < -0.4 is 11.1 Å². The van der Waals surface area contributed by atoms with E-state index in [2.05, 4.69) is 15.3 Å². The number of benzene rings is 2. The van der Waals surface area contributed by atoms with Crippen molar-refractivity contribution in [1.29, 1.82) is 0 Å². The van der Waals surface area contributed by atoms with Crippen molar-refractivity contribution in [3.05, 3.63) is 65.2 Å². The Kier molecular flexibility index (Phi) is 8.45. The summed E-state index contributed by atoms with van der Waals surface area (Å²) in [6.45, 7) is 0.556. The lowest BCUT2D eigenvalue weighted by atomic mass is 10.0. The van der Waals surface area contributed by atoms with Gasteiger partial charge in [-0.25, -0.2) is 18.2 Å². The zero-order chi connectivity index (χ0) is 23.5. The second-order valence-electron chi connectivity index (χ2n) is 7.75. The fraction of sp³-hybridized carbons (Fsp3) is 0.318. The highest BCUT2D eigenvalue weighted by molar-refractivity contribution is 8.00. The molecule has 12 heteroatoms. The van der Waals surface area contributed by atoms with Crippen LogP contribution in [0.4, 0.5) is 13.2 Å². The van der Waals surface area contributed by atoms with Crippen molar-refractivity contribution in [1.82, 2.24) is 20.2 Å². The molecule has 4 rings (SSSR count). The lowest BCUT2D eigenvalue weighted by Crippen LogP contribution is -2.46. The van der Waals surface area contributed by atoms with Crippen LogP contribution in [0.15, 0.2) is 36.4 Å². The molecule has 34 heavy (non-hydrogen) atoms. The molecule has 2 amide bonds. The van der Waals surface area contributed by atoms with Gasteiger partial charge in [-0.2, -0.15) is 0 Å². The molecule has 2 aromatic carbocycles. The number of nitrogens with zero attached hydrogens (tertiary/aromatic N) is 2. The molecule has 1 saturated heterocycles. The Morgan fingerprint density at radius 3 is 2.71 bits per heavy atom. The Morgan fingerprint density at radius 2 is 1.94 bits per heavy atom. The van der Waals surface area contributed by atoms with E-state index >= 15 is 0 Å². The van der Waals surface area contributed by atoms with Crippen molar-refractivity contribution in [2.75, 3.05) is 12.3 Å². The molecule has 0 bridgehead atoms. The highest BCUT2D eigenvalue weighted by atomic mass is 35.5. The average molecular weight is 514 g/mol. The van der Waals surface area contributed by atoms with E-state index in [0.717, 1.165) is 17.1 Å². The summed E-state index contributed by atoms with van der Waals surface area (Å²) in [5.74, 6) is -2.89. The summed E-state index contributed by atoms with van der Waals surface area (Å²) in [5, 5.41) is 2.08. The second-order valence-corrected chi connectivity index (χ2v) is 8.94. The van der Waals surface area contributed by atoms with Crippen molar-refractivity contribution in [2.24, 2.45) is 5.73 Å². The molecule has 1 aromatic heterocycles. The number of hydrogen-bond acceptors (Lipinski definition) is 5. The van der Waals surface area contributed by atoms with Crippen molar-refractivity contribution < 1.29 is 22.8 Å². The molecule has 3 aromatic rings. The third kappa shape index (κ3) is 5.83. The molecular weight excluding hydrogens is 491 g/mol. The number of aromatic amines is 1. The number of hydrogen-bond donors (Lipinski definition) is 3. The predicted octanol–water partition coefficient (Wildman–Crippen LogP) is 2.88. The van der Waals surface area contributed by atoms with Gasteiger partial charge in [-0.05, 0) is 30.2 Å². The van der Waals surface area contributed by atoms with Crippen LogP contribution in [0.3, 0.4) is 0 Å². The van der Waals surface area contributed by atoms with Gasteiger partial charge in [-0.15, -0.1) is 24.2 Å². The number of rotatable bonds is 7. The zero-order valence-corrected chi connectivity index (χ0v) is 19.5. The number of amides is 2. The highest BCUT2D eigenvalue weighted by Gasteiger charge is 2.35. The van der Waals surface area contributed by atoms with Crippen molar-refractivity contribution in [3.8, 4) is 0 Å². The Bertz CT molecular complexity index is 1160. The monoisotopic (exact) mass is 513 g/mol. The van der Waals surface area contributed by atoms with Gasteiger partial charge in [0.05, 0.1) is 17.6 Å². The van der Waals surface area contributed by atoms with Gasteiger partial charge in [0.1, 0.15) is 11.6 Å². The quantitative estimate of drug-likeness (QED) is 0.421. The van der Waals surface area contributed by atoms with E-state index in [9.17, 15) is 22.8 Å². The summed E-state index contributed by atoms with van der Waals surface area (Å²) in [7, 11) is 0. The summed E-state index contributed by atoms with van der Waals surface area (Å²) < 4.78 is 40.4. The van der Waals surface area contributed by atoms with Crippen LogP contribution in [0.1, 0.15) is 17.8 Å². The van der Waals surface area contributed by atoms with Crippen molar-refractivity contribution in [2.45, 2.75) is 30.8 Å². The van der Waals surface area contributed by atoms with Crippen LogP contribution in [0.25, 0.3) is 11.0 Å². The van der Waals surface area contributed by atoms with Gasteiger partial charge in [0, 0.05) is 30.8 Å². The molecular formula is C22H23ClF3N5O2S. The molecule has 0 spiro atoms. The molecule has 1 fully saturated rings. The lowest BCUT2D eigenvalue weighted by Gasteiger charge is -2.24. The molecule has 182 valence electrons. The van der Waals surface area contributed by atoms with Gasteiger partial charge in [-0.1, -0.05) is 12.1 Å². The van der Waals surface area contributed by atoms with Crippen molar-refractivity contribution >= 4 is 47.0 Å². The third-order valence-corrected chi connectivity index (χ3v) is 6.51. The molecule has 2 atom stereocenters. The number of nitrogens with two attached hydrogens (primary N) is 1. The average Bonchev–Trinajstić information content (AvgIpc) is 3.42. The minimum absolute atomic E-state index is 0. The maximum Gasteiger partial charge on any atom is 0.253 e. The van der Waals surface area contributed by atoms with E-state index in [0.29, 0.717) is 24.2 Å². The molecule has 1 aliphatic rings. The molecule has 2 heterocycles. The molecule has 4 N–H and O–H groups in total. The van der Waals surface area contributed by atoms with Crippen LogP contribution in [0, 0.1) is 17.5 Å². The summed E-state index contributed by atoms with van der Waals surface area (Å²) in [6.07, 6.45) is -0.301. The fourth-order valence-electron chi connectivity index (χ4n) is 3.71. The number of H-pyrrole nitrogens is 1. The van der Waals surface area contributed by atoms with E-state index < -0.39 is 28.9 Å². The topological polar surface area (TPSA) is 104 Å². The van der Waals surface area contributed by atoms with Crippen molar-refractivity contribution in [3.63, 3.8) is 0 Å². The van der Waals surface area contributed by atoms with Gasteiger partial charge in [-0.3, -0.25) is 9.59 Å². The number of fused-ring (bicyclic) bond motifs is 1. The van der Waals surface area contributed by atoms with E-state index in [4.69, 9.17) is 5.73 Å². The van der Waals surface area contributed by atoms with Gasteiger partial charge in [0.2, 0.25) is 5.91 Å². The minimum Gasteiger partial charge on any atom is -0.346 e. The Balaban J connectivity index is 0.00000324. The first kappa shape index (κ1) is 25.9. The van der Waals surface area contributed by atoms with Gasteiger partial charge in [0.15, 0.2) is 17.0 Å². The molecule has 7 nitrogen and oxygen atoms in total. The van der Waals surface area contributed by atoms with Gasteiger partial charge < -0.3 is 20.9 Å². The molecule has 0 radical (unpaired) electrons. The minimum atomic E-state index is -1.29. The summed E-state index contributed by atoms with van der Waals surface area (Å²) in [4.78, 5) is 34.4. The van der Waals surface area contributed by atoms with Crippen LogP contribution in [-0.2, 0) is 22.6 Å². The van der Waals surface area contributed by atoms with Crippen LogP contribution in [0.5, 0.6) is 0 Å². The summed E-state index contributed by atoms with van der Waals surface area (Å²) in [5.41, 5.74) is 7.52. The predicted molar refractivity (Wildman–Crippen MR) is 126 cm³/mol. The molecule has 0 saturated carbocycles. The molecule has 1 unspecified atom stereocenters. The number of halogens is 4. The summed E-state index contributed by atoms with van der Waals surface area (Å²) in [6, 6.07) is 7.88. The standard InChI is InChI=1S/C22H22F3N5O2S.ClH/c23-14-10-16(25)15(24)8-12(14)7-13(26)9-20(31)30-5-6-33-22(30)21(32)27-11-19-28-17-3-1-2-4-18(17)29-19;/h1-4,8,10,13,22H,5-7,9,11,26H2,(H,27,32)(H,28,29);1H/t13-,22?;/m1./s1. The van der Waals surface area contributed by atoms with Gasteiger partial charge in [0.25, 0.3) is 5.91 Å². The van der Waals surface area contributed by atoms with E-state index in [-0.39, 0.29) is 49.2 Å². The lowest BCUT2D eigenvalue weighted by molar-refractivity contribution is -0.136. The van der Waals surface area contributed by atoms with Crippen LogP contribution in [0.2, 0.25) is 0 Å². The Labute approximate surface area is 204 Å². The second kappa shape index (κ2) is 11.1. The summed E-state index contributed by atoms with van der Waals surface area (Å²) >= 11 is 1.33. The normalized spacial score (nSPS) is 16.4. The molecule has 1 aliphatic heterocycles. The SMILES string of the molecule is Cl.N[C@@H](CC(=O)N1CCSC1C(=O)NCc1nc2ccccc2[nH]1)Cc1cc(F)c(F)cc1F. The number of carbonyl (C=O) groups excluding carboxylic acids is 2. The number of aromatic nitrogens is 2. The van der Waals surface area contributed by atoms with E-state index in [1.807, 2.05) is 24.3 Å². The smallest absolute Gasteiger partial charge is 0.253 e. The number of para-hydroxylation sites is 2. The molecule has 0 aliphatic carbocycles. The maximum absolute atomic E-state index is 13.9. The van der Waals surface area contributed by atoms with Gasteiger partial charge >= 0.3 is 0 Å². The number of nitrogens with one attached hydrogen (secondary N) is 2. The first-order valence-corrected chi connectivity index (χ1v) is 11.4. The Hall–Kier alpha value is -2.76. The van der Waals surface area contributed by atoms with Crippen LogP contribution in [-0.4, -0.2) is 50.4 Å². The van der Waals surface area contributed by atoms with Crippen LogP contribution >= 0.6 is 24.2 Å². The fourth-order valence-corrected chi connectivity index (χ4v) is 4.87. The van der Waals surface area contributed by atoms with E-state index in [1.165, 1.54) is 16.7 Å². The third-order valence-electron chi connectivity index (χ3n) is 5.31.